The molecule has 0 bridgehead atoms. The van der Waals surface area contributed by atoms with E-state index < -0.39 is 34.2 Å². The zero-order chi connectivity index (χ0) is 28.0. The van der Waals surface area contributed by atoms with Crippen molar-refractivity contribution in [3.8, 4) is 5.75 Å². The minimum Gasteiger partial charge on any atom is -0.449 e. The number of nitrogens with zero attached hydrogens (tertiary/aromatic N) is 1. The molecule has 2 rings (SSSR count). The van der Waals surface area contributed by atoms with Crippen molar-refractivity contribution in [2.75, 3.05) is 18.5 Å². The lowest BCUT2D eigenvalue weighted by molar-refractivity contribution is -0.114. The lowest BCUT2D eigenvalue weighted by atomic mass is 10.2. The number of guanidine groups is 1. The number of nitrogens with one attached hydrogen (secondary N) is 3. The van der Waals surface area contributed by atoms with E-state index in [1.807, 2.05) is 13.8 Å². The number of hydrogen-bond acceptors (Lipinski definition) is 9. The van der Waals surface area contributed by atoms with Crippen LogP contribution in [0.3, 0.4) is 0 Å². The Bertz CT molecular complexity index is 1210. The van der Waals surface area contributed by atoms with Crippen molar-refractivity contribution in [2.45, 2.75) is 51.3 Å². The van der Waals surface area contributed by atoms with Gasteiger partial charge in [0, 0.05) is 6.92 Å². The minimum absolute atomic E-state index is 0.0946. The number of rotatable bonds is 11. The summed E-state index contributed by atoms with van der Waals surface area (Å²) in [7, 11) is -4.30. The highest BCUT2D eigenvalue weighted by Gasteiger charge is 2.20. The van der Waals surface area contributed by atoms with Gasteiger partial charge in [0.25, 0.3) is 0 Å². The molecule has 2 aromatic carbocycles. The molecule has 0 aromatic heterocycles. The standard InChI is InChI=1S/C25H32N4O8S/c1-4-6-15-35-24(31)28-23(29-25(32)36-16-7-5-2)27-22-17-20(13-14-21(22)26-18(3)30)38(33,34)37-19-11-9-8-10-12-19/h8-14,17H,4-7,15-16H2,1-3H3,(H,26,30)(H2,27,28,29,31,32). The van der Waals surface area contributed by atoms with Gasteiger partial charge in [0.05, 0.1) is 24.6 Å². The van der Waals surface area contributed by atoms with Crippen LogP contribution in [0.1, 0.15) is 46.5 Å². The number of amides is 3. The summed E-state index contributed by atoms with van der Waals surface area (Å²) < 4.78 is 41.1. The molecule has 3 N–H and O–H groups in total. The predicted octanol–water partition coefficient (Wildman–Crippen LogP) is 4.45. The number of unbranched alkanes of at least 4 members (excludes halogenated alkanes) is 2. The number of ether oxygens (including phenoxy) is 2. The molecular weight excluding hydrogens is 516 g/mol. The molecule has 2 aromatic rings. The molecule has 0 saturated heterocycles. The molecule has 0 saturated carbocycles. The second-order valence-electron chi connectivity index (χ2n) is 7.90. The van der Waals surface area contributed by atoms with Gasteiger partial charge in [-0.1, -0.05) is 44.9 Å². The summed E-state index contributed by atoms with van der Waals surface area (Å²) in [6.45, 7) is 5.38. The molecule has 0 heterocycles. The van der Waals surface area contributed by atoms with E-state index in [-0.39, 0.29) is 35.2 Å². The first-order chi connectivity index (χ1) is 18.1. The topological polar surface area (TPSA) is 161 Å². The SMILES string of the molecule is CCCCOC(=O)NC(=Nc1cc(S(=O)(=O)Oc2ccccc2)ccc1NC(C)=O)NC(=O)OCCCC. The number of anilines is 1. The summed E-state index contributed by atoms with van der Waals surface area (Å²) in [6.07, 6.45) is 1.04. The van der Waals surface area contributed by atoms with Gasteiger partial charge in [0.1, 0.15) is 10.6 Å². The Hall–Kier alpha value is -4.13. The van der Waals surface area contributed by atoms with E-state index in [2.05, 4.69) is 20.9 Å². The van der Waals surface area contributed by atoms with Crippen LogP contribution in [0.2, 0.25) is 0 Å². The van der Waals surface area contributed by atoms with E-state index in [0.29, 0.717) is 12.8 Å². The normalized spacial score (nSPS) is 10.6. The van der Waals surface area contributed by atoms with Crippen molar-refractivity contribution in [3.63, 3.8) is 0 Å². The number of para-hydroxylation sites is 1. The van der Waals surface area contributed by atoms with Crippen LogP contribution in [0.4, 0.5) is 21.0 Å². The summed E-state index contributed by atoms with van der Waals surface area (Å²) in [5, 5.41) is 7.14. The first kappa shape index (κ1) is 30.1. The number of aliphatic imine (C=N–C) groups is 1. The second kappa shape index (κ2) is 15.2. The predicted molar refractivity (Wildman–Crippen MR) is 141 cm³/mol. The van der Waals surface area contributed by atoms with Crippen molar-refractivity contribution in [3.05, 3.63) is 48.5 Å². The van der Waals surface area contributed by atoms with Crippen molar-refractivity contribution in [1.82, 2.24) is 10.6 Å². The molecule has 0 radical (unpaired) electrons. The van der Waals surface area contributed by atoms with Crippen LogP contribution in [0, 0.1) is 0 Å². The number of alkyl carbamates (subject to hydrolysis) is 2. The van der Waals surface area contributed by atoms with Gasteiger partial charge in [0.2, 0.25) is 11.9 Å². The van der Waals surface area contributed by atoms with Crippen LogP contribution in [-0.4, -0.2) is 45.7 Å². The summed E-state index contributed by atoms with van der Waals surface area (Å²) in [5.74, 6) is -0.770. The van der Waals surface area contributed by atoms with Crippen LogP contribution in [0.25, 0.3) is 0 Å². The average Bonchev–Trinajstić information content (AvgIpc) is 2.85. The highest BCUT2D eigenvalue weighted by atomic mass is 32.2. The van der Waals surface area contributed by atoms with Crippen molar-refractivity contribution < 1.29 is 36.5 Å². The van der Waals surface area contributed by atoms with Gasteiger partial charge in [-0.25, -0.2) is 14.6 Å². The Labute approximate surface area is 221 Å². The molecule has 206 valence electrons. The number of hydrogen-bond donors (Lipinski definition) is 3. The molecule has 0 unspecified atom stereocenters. The van der Waals surface area contributed by atoms with Gasteiger partial charge < -0.3 is 19.0 Å². The van der Waals surface area contributed by atoms with Crippen LogP contribution < -0.4 is 20.1 Å². The Kier molecular flexibility index (Phi) is 12.0. The fourth-order valence-corrected chi connectivity index (χ4v) is 3.75. The summed E-state index contributed by atoms with van der Waals surface area (Å²) in [6, 6.07) is 11.5. The van der Waals surface area contributed by atoms with Gasteiger partial charge in [-0.05, 0) is 43.2 Å². The van der Waals surface area contributed by atoms with E-state index in [9.17, 15) is 22.8 Å². The molecule has 0 aliphatic carbocycles. The third-order valence-corrected chi connectivity index (χ3v) is 5.90. The molecule has 12 nitrogen and oxygen atoms in total. The van der Waals surface area contributed by atoms with Crippen LogP contribution in [0.5, 0.6) is 5.75 Å². The molecule has 0 aliphatic heterocycles. The Morgan fingerprint density at radius 1 is 0.868 bits per heavy atom. The molecule has 0 spiro atoms. The second-order valence-corrected chi connectivity index (χ2v) is 9.45. The van der Waals surface area contributed by atoms with Crippen LogP contribution >= 0.6 is 0 Å². The van der Waals surface area contributed by atoms with Crippen molar-refractivity contribution in [2.24, 2.45) is 4.99 Å². The third kappa shape index (κ3) is 10.5. The van der Waals surface area contributed by atoms with E-state index in [0.717, 1.165) is 18.9 Å². The zero-order valence-electron chi connectivity index (χ0n) is 21.5. The Balaban J connectivity index is 2.44. The third-order valence-electron chi connectivity index (χ3n) is 4.65. The van der Waals surface area contributed by atoms with Gasteiger partial charge >= 0.3 is 22.3 Å². The van der Waals surface area contributed by atoms with E-state index >= 15 is 0 Å². The Morgan fingerprint density at radius 3 is 1.97 bits per heavy atom. The molecule has 38 heavy (non-hydrogen) atoms. The Morgan fingerprint density at radius 2 is 1.45 bits per heavy atom. The smallest absolute Gasteiger partial charge is 0.413 e. The van der Waals surface area contributed by atoms with Gasteiger partial charge in [0.15, 0.2) is 0 Å². The van der Waals surface area contributed by atoms with E-state index in [1.54, 1.807) is 18.2 Å². The molecule has 0 aliphatic rings. The molecule has 3 amide bonds. The monoisotopic (exact) mass is 548 g/mol. The van der Waals surface area contributed by atoms with Gasteiger partial charge in [-0.3, -0.25) is 15.4 Å². The van der Waals surface area contributed by atoms with E-state index in [4.69, 9.17) is 13.7 Å². The molecule has 13 heteroatoms. The minimum atomic E-state index is -4.30. The number of carbonyl (C=O) groups is 3. The molecular formula is C25H32N4O8S. The fourth-order valence-electron chi connectivity index (χ4n) is 2.80. The highest BCUT2D eigenvalue weighted by molar-refractivity contribution is 7.87. The summed E-state index contributed by atoms with van der Waals surface area (Å²) in [5.41, 5.74) is 0.00612. The number of carbonyl (C=O) groups excluding carboxylic acids is 3. The lowest BCUT2D eigenvalue weighted by Crippen LogP contribution is -2.44. The lowest BCUT2D eigenvalue weighted by Gasteiger charge is -2.14. The average molecular weight is 549 g/mol. The number of benzene rings is 2. The van der Waals surface area contributed by atoms with Crippen LogP contribution in [-0.2, 0) is 24.4 Å². The first-order valence-corrected chi connectivity index (χ1v) is 13.4. The summed E-state index contributed by atoms with van der Waals surface area (Å²) >= 11 is 0. The van der Waals surface area contributed by atoms with Gasteiger partial charge in [-0.2, -0.15) is 8.42 Å². The van der Waals surface area contributed by atoms with Crippen molar-refractivity contribution in [1.29, 1.82) is 0 Å². The molecule has 0 fully saturated rings. The largest absolute Gasteiger partial charge is 0.449 e. The quantitative estimate of drug-likeness (QED) is 0.161. The van der Waals surface area contributed by atoms with Gasteiger partial charge in [-0.15, -0.1) is 0 Å². The van der Waals surface area contributed by atoms with E-state index in [1.165, 1.54) is 31.2 Å². The first-order valence-electron chi connectivity index (χ1n) is 12.0. The van der Waals surface area contributed by atoms with Crippen LogP contribution in [0.15, 0.2) is 58.4 Å². The zero-order valence-corrected chi connectivity index (χ0v) is 22.3. The summed E-state index contributed by atoms with van der Waals surface area (Å²) in [4.78, 5) is 40.2. The highest BCUT2D eigenvalue weighted by Crippen LogP contribution is 2.30. The van der Waals surface area contributed by atoms with Crippen molar-refractivity contribution >= 4 is 45.5 Å². The molecule has 0 atom stereocenters. The maximum absolute atomic E-state index is 12.9. The maximum Gasteiger partial charge on any atom is 0.413 e. The fraction of sp³-hybridized carbons (Fsp3) is 0.360. The maximum atomic E-state index is 12.9.